The molecule has 26 heavy (non-hydrogen) atoms. The molecule has 1 aromatic carbocycles. The number of benzene rings is 1. The summed E-state index contributed by atoms with van der Waals surface area (Å²) < 4.78 is 0.930. The third kappa shape index (κ3) is 4.52. The molecule has 5 nitrogen and oxygen atoms in total. The van der Waals surface area contributed by atoms with Crippen molar-refractivity contribution in [1.29, 1.82) is 0 Å². The first-order valence-electron chi connectivity index (χ1n) is 8.60. The largest absolute Gasteiger partial charge is 0.335 e. The van der Waals surface area contributed by atoms with E-state index >= 15 is 0 Å². The normalized spacial score (nSPS) is 16.3. The molecule has 1 unspecified atom stereocenters. The molecule has 0 radical (unpaired) electrons. The van der Waals surface area contributed by atoms with Crippen molar-refractivity contribution >= 4 is 44.8 Å². The summed E-state index contributed by atoms with van der Waals surface area (Å²) in [6.45, 7) is 6.60. The minimum atomic E-state index is -0.241. The first-order valence-corrected chi connectivity index (χ1v) is 10.2. The van der Waals surface area contributed by atoms with Crippen LogP contribution in [-0.2, 0) is 4.79 Å². The van der Waals surface area contributed by atoms with Crippen molar-refractivity contribution in [1.82, 2.24) is 9.80 Å². The lowest BCUT2D eigenvalue weighted by atomic mass is 10.2. The van der Waals surface area contributed by atoms with Crippen LogP contribution in [0, 0.1) is 6.92 Å². The predicted octanol–water partition coefficient (Wildman–Crippen LogP) is 3.60. The Morgan fingerprint density at radius 3 is 2.50 bits per heavy atom. The maximum Gasteiger partial charge on any atom is 0.264 e. The second-order valence-corrected chi connectivity index (χ2v) is 8.62. The maximum absolute atomic E-state index is 12.5. The Morgan fingerprint density at radius 2 is 1.88 bits per heavy atom. The zero-order chi connectivity index (χ0) is 18.7. The second-order valence-electron chi connectivity index (χ2n) is 6.41. The van der Waals surface area contributed by atoms with E-state index in [1.165, 1.54) is 11.3 Å². The summed E-state index contributed by atoms with van der Waals surface area (Å²) in [6.07, 6.45) is 0. The number of anilines is 1. The van der Waals surface area contributed by atoms with Crippen LogP contribution in [0.15, 0.2) is 40.9 Å². The van der Waals surface area contributed by atoms with Crippen molar-refractivity contribution in [3.8, 4) is 0 Å². The molecule has 0 saturated carbocycles. The summed E-state index contributed by atoms with van der Waals surface area (Å²) >= 11 is 4.94. The molecule has 2 aromatic rings. The van der Waals surface area contributed by atoms with E-state index in [1.807, 2.05) is 55.1 Å². The minimum Gasteiger partial charge on any atom is -0.335 e. The van der Waals surface area contributed by atoms with Crippen LogP contribution >= 0.6 is 27.3 Å². The quantitative estimate of drug-likeness (QED) is 0.797. The van der Waals surface area contributed by atoms with Gasteiger partial charge in [-0.1, -0.05) is 22.0 Å². The summed E-state index contributed by atoms with van der Waals surface area (Å²) in [7, 11) is 0. The lowest BCUT2D eigenvalue weighted by molar-refractivity contribution is -0.121. The van der Waals surface area contributed by atoms with Crippen LogP contribution in [-0.4, -0.2) is 53.8 Å². The van der Waals surface area contributed by atoms with Crippen LogP contribution in [0.5, 0.6) is 0 Å². The number of aryl methyl sites for hydroxylation is 1. The Hall–Kier alpha value is -1.70. The summed E-state index contributed by atoms with van der Waals surface area (Å²) in [4.78, 5) is 31.0. The van der Waals surface area contributed by atoms with Crippen LogP contribution in [0.2, 0.25) is 0 Å². The summed E-state index contributed by atoms with van der Waals surface area (Å²) in [6, 6.07) is 11.2. The molecule has 0 bridgehead atoms. The van der Waals surface area contributed by atoms with Crippen molar-refractivity contribution in [2.45, 2.75) is 19.9 Å². The van der Waals surface area contributed by atoms with Crippen molar-refractivity contribution in [2.75, 3.05) is 31.5 Å². The van der Waals surface area contributed by atoms with Crippen LogP contribution in [0.3, 0.4) is 0 Å². The van der Waals surface area contributed by atoms with Gasteiger partial charge in [-0.2, -0.15) is 0 Å². The highest BCUT2D eigenvalue weighted by Crippen LogP contribution is 2.19. The molecule has 1 aliphatic heterocycles. The Labute approximate surface area is 166 Å². The molecule has 0 aliphatic carbocycles. The fourth-order valence-electron chi connectivity index (χ4n) is 3.00. The molecule has 1 saturated heterocycles. The van der Waals surface area contributed by atoms with E-state index in [0.717, 1.165) is 19.9 Å². The zero-order valence-corrected chi connectivity index (χ0v) is 17.3. The van der Waals surface area contributed by atoms with Gasteiger partial charge in [0.15, 0.2) is 0 Å². The SMILES string of the molecule is Cc1ccc(C(=O)N2CCN(C(C)C(=O)Nc3cccc(Br)c3)CC2)s1. The number of carbonyl (C=O) groups is 2. The maximum atomic E-state index is 12.5. The molecule has 7 heteroatoms. The van der Waals surface area contributed by atoms with Gasteiger partial charge in [-0.05, 0) is 44.2 Å². The smallest absolute Gasteiger partial charge is 0.264 e. The Kier molecular flexibility index (Phi) is 6.11. The zero-order valence-electron chi connectivity index (χ0n) is 14.9. The van der Waals surface area contributed by atoms with Gasteiger partial charge in [0, 0.05) is 41.2 Å². The van der Waals surface area contributed by atoms with Crippen molar-refractivity contribution in [2.24, 2.45) is 0 Å². The monoisotopic (exact) mass is 435 g/mol. The van der Waals surface area contributed by atoms with E-state index in [1.54, 1.807) is 0 Å². The van der Waals surface area contributed by atoms with E-state index in [0.29, 0.717) is 26.2 Å². The molecule has 1 aromatic heterocycles. The van der Waals surface area contributed by atoms with Crippen LogP contribution < -0.4 is 5.32 Å². The molecule has 138 valence electrons. The standard InChI is InChI=1S/C19H22BrN3O2S/c1-13-6-7-17(26-13)19(25)23-10-8-22(9-11-23)14(2)18(24)21-16-5-3-4-15(20)12-16/h3-7,12,14H,8-11H2,1-2H3,(H,21,24). The van der Waals surface area contributed by atoms with Crippen LogP contribution in [0.4, 0.5) is 5.69 Å². The number of carbonyl (C=O) groups excluding carboxylic acids is 2. The van der Waals surface area contributed by atoms with Gasteiger partial charge in [0.1, 0.15) is 0 Å². The summed E-state index contributed by atoms with van der Waals surface area (Å²) in [5, 5.41) is 2.95. The first-order chi connectivity index (χ1) is 12.4. The number of rotatable bonds is 4. The van der Waals surface area contributed by atoms with Gasteiger partial charge in [-0.25, -0.2) is 0 Å². The molecular formula is C19H22BrN3O2S. The fraction of sp³-hybridized carbons (Fsp3) is 0.368. The van der Waals surface area contributed by atoms with E-state index < -0.39 is 0 Å². The lowest BCUT2D eigenvalue weighted by Gasteiger charge is -2.37. The van der Waals surface area contributed by atoms with Gasteiger partial charge in [-0.15, -0.1) is 11.3 Å². The Balaban J connectivity index is 1.53. The summed E-state index contributed by atoms with van der Waals surface area (Å²) in [5.74, 6) is 0.0609. The topological polar surface area (TPSA) is 52.7 Å². The number of nitrogens with zero attached hydrogens (tertiary/aromatic N) is 2. The van der Waals surface area contributed by atoms with Gasteiger partial charge in [-0.3, -0.25) is 14.5 Å². The van der Waals surface area contributed by atoms with E-state index in [9.17, 15) is 9.59 Å². The van der Waals surface area contributed by atoms with Crippen LogP contribution in [0.1, 0.15) is 21.5 Å². The number of hydrogen-bond donors (Lipinski definition) is 1. The number of amides is 2. The average Bonchev–Trinajstić information content (AvgIpc) is 3.07. The lowest BCUT2D eigenvalue weighted by Crippen LogP contribution is -2.53. The minimum absolute atomic E-state index is 0.0308. The number of hydrogen-bond acceptors (Lipinski definition) is 4. The summed E-state index contributed by atoms with van der Waals surface area (Å²) in [5.41, 5.74) is 0.776. The van der Waals surface area contributed by atoms with Crippen molar-refractivity contribution in [3.05, 3.63) is 50.6 Å². The molecule has 1 atom stereocenters. The number of nitrogens with one attached hydrogen (secondary N) is 1. The Bertz CT molecular complexity index is 800. The predicted molar refractivity (Wildman–Crippen MR) is 109 cm³/mol. The van der Waals surface area contributed by atoms with E-state index in [2.05, 4.69) is 26.1 Å². The van der Waals surface area contributed by atoms with E-state index in [-0.39, 0.29) is 17.9 Å². The molecule has 2 heterocycles. The number of thiophene rings is 1. The number of halogens is 1. The van der Waals surface area contributed by atoms with Gasteiger partial charge < -0.3 is 10.2 Å². The number of piperazine rings is 1. The Morgan fingerprint density at radius 1 is 1.15 bits per heavy atom. The molecule has 0 spiro atoms. The molecule has 1 aliphatic rings. The van der Waals surface area contributed by atoms with Gasteiger partial charge in [0.25, 0.3) is 5.91 Å². The van der Waals surface area contributed by atoms with E-state index in [4.69, 9.17) is 0 Å². The van der Waals surface area contributed by atoms with Gasteiger partial charge in [0.05, 0.1) is 10.9 Å². The average molecular weight is 436 g/mol. The molecule has 1 fully saturated rings. The second kappa shape index (κ2) is 8.33. The molecule has 1 N–H and O–H groups in total. The molecular weight excluding hydrogens is 414 g/mol. The van der Waals surface area contributed by atoms with Crippen molar-refractivity contribution in [3.63, 3.8) is 0 Å². The highest BCUT2D eigenvalue weighted by molar-refractivity contribution is 9.10. The third-order valence-corrected chi connectivity index (χ3v) is 6.05. The highest BCUT2D eigenvalue weighted by atomic mass is 79.9. The van der Waals surface area contributed by atoms with Crippen molar-refractivity contribution < 1.29 is 9.59 Å². The third-order valence-electron chi connectivity index (χ3n) is 4.57. The van der Waals surface area contributed by atoms with Crippen LogP contribution in [0.25, 0.3) is 0 Å². The molecule has 3 rings (SSSR count). The van der Waals surface area contributed by atoms with Gasteiger partial charge >= 0.3 is 0 Å². The fourth-order valence-corrected chi connectivity index (χ4v) is 4.23. The van der Waals surface area contributed by atoms with Gasteiger partial charge in [0.2, 0.25) is 5.91 Å². The first kappa shape index (κ1) is 19.1. The molecule has 2 amide bonds. The highest BCUT2D eigenvalue weighted by Gasteiger charge is 2.28.